The number of ether oxygens (including phenoxy) is 2. The topological polar surface area (TPSA) is 82.5 Å². The van der Waals surface area contributed by atoms with Crippen LogP contribution < -0.4 is 20.3 Å². The molecule has 2 aromatic carbocycles. The normalized spacial score (nSPS) is 13.3. The highest BCUT2D eigenvalue weighted by molar-refractivity contribution is 5.93. The number of fused-ring (bicyclic) bond motifs is 1. The molecule has 0 fully saturated rings. The quantitative estimate of drug-likeness (QED) is 0.695. The number of carbonyl (C=O) groups is 1. The molecule has 1 unspecified atom stereocenters. The fraction of sp³-hybridized carbons (Fsp3) is 0.261. The average Bonchev–Trinajstić information content (AvgIpc) is 3.22. The van der Waals surface area contributed by atoms with Crippen LogP contribution in [-0.2, 0) is 4.79 Å². The number of amides is 1. The summed E-state index contributed by atoms with van der Waals surface area (Å²) < 4.78 is 11.9. The van der Waals surface area contributed by atoms with Crippen molar-refractivity contribution in [2.75, 3.05) is 12.1 Å². The van der Waals surface area contributed by atoms with Gasteiger partial charge in [0.15, 0.2) is 11.5 Å². The number of benzene rings is 2. The van der Waals surface area contributed by atoms with Gasteiger partial charge in [-0.15, -0.1) is 0 Å². The second kappa shape index (κ2) is 8.02. The summed E-state index contributed by atoms with van der Waals surface area (Å²) in [4.78, 5) is 25.1. The van der Waals surface area contributed by atoms with E-state index in [1.54, 1.807) is 25.1 Å². The molecule has 0 saturated carbocycles. The molecule has 0 saturated heterocycles. The second-order valence-corrected chi connectivity index (χ2v) is 7.51. The predicted molar refractivity (Wildman–Crippen MR) is 114 cm³/mol. The lowest BCUT2D eigenvalue weighted by molar-refractivity contribution is -0.119. The van der Waals surface area contributed by atoms with Crippen molar-refractivity contribution < 1.29 is 14.3 Å². The molecule has 3 aromatic rings. The van der Waals surface area contributed by atoms with E-state index in [1.165, 1.54) is 16.3 Å². The number of aromatic nitrogens is 2. The summed E-state index contributed by atoms with van der Waals surface area (Å²) in [6.07, 6.45) is 0. The summed E-state index contributed by atoms with van der Waals surface area (Å²) in [5.74, 6) is 1.39. The van der Waals surface area contributed by atoms with Gasteiger partial charge in [0.2, 0.25) is 12.7 Å². The predicted octanol–water partition coefficient (Wildman–Crippen LogP) is 3.96. The third kappa shape index (κ3) is 3.91. The van der Waals surface area contributed by atoms with Crippen LogP contribution in [0.25, 0.3) is 11.3 Å². The van der Waals surface area contributed by atoms with Gasteiger partial charge in [-0.05, 0) is 54.8 Å². The molecule has 30 heavy (non-hydrogen) atoms. The highest BCUT2D eigenvalue weighted by Crippen LogP contribution is 2.35. The molecule has 0 spiro atoms. The molecule has 0 bridgehead atoms. The van der Waals surface area contributed by atoms with Crippen LogP contribution in [0.1, 0.15) is 38.3 Å². The second-order valence-electron chi connectivity index (χ2n) is 7.51. The molecular formula is C23H23N3O4. The zero-order valence-corrected chi connectivity index (χ0v) is 17.1. The van der Waals surface area contributed by atoms with Crippen molar-refractivity contribution in [3.63, 3.8) is 0 Å². The van der Waals surface area contributed by atoms with Gasteiger partial charge in [0.05, 0.1) is 5.69 Å². The van der Waals surface area contributed by atoms with E-state index in [-0.39, 0.29) is 18.3 Å². The summed E-state index contributed by atoms with van der Waals surface area (Å²) in [6, 6.07) is 15.4. The number of hydrogen-bond donors (Lipinski definition) is 1. The smallest absolute Gasteiger partial charge is 0.267 e. The van der Waals surface area contributed by atoms with Crippen molar-refractivity contribution >= 4 is 11.6 Å². The van der Waals surface area contributed by atoms with E-state index in [0.29, 0.717) is 28.8 Å². The van der Waals surface area contributed by atoms with Crippen molar-refractivity contribution in [3.05, 3.63) is 70.5 Å². The number of nitrogens with zero attached hydrogens (tertiary/aromatic N) is 2. The maximum Gasteiger partial charge on any atom is 0.267 e. The maximum atomic E-state index is 12.7. The Bertz CT molecular complexity index is 1140. The van der Waals surface area contributed by atoms with Crippen LogP contribution in [0.5, 0.6) is 11.5 Å². The number of hydrogen-bond acceptors (Lipinski definition) is 5. The van der Waals surface area contributed by atoms with E-state index in [0.717, 1.165) is 5.56 Å². The molecule has 0 aliphatic carbocycles. The molecular weight excluding hydrogens is 382 g/mol. The average molecular weight is 405 g/mol. The van der Waals surface area contributed by atoms with Crippen LogP contribution in [0.4, 0.5) is 5.69 Å². The molecule has 0 radical (unpaired) electrons. The number of carbonyl (C=O) groups excluding carboxylic acids is 1. The first-order chi connectivity index (χ1) is 14.4. The van der Waals surface area contributed by atoms with Gasteiger partial charge in [-0.1, -0.05) is 26.0 Å². The SMILES string of the molecule is CC(C)c1ccc(NC(=O)C(C)n2nc(-c3ccc4c(c3)OCO4)ccc2=O)cc1. The number of nitrogens with one attached hydrogen (secondary N) is 1. The van der Waals surface area contributed by atoms with E-state index in [2.05, 4.69) is 24.3 Å². The molecule has 7 nitrogen and oxygen atoms in total. The minimum atomic E-state index is -0.781. The highest BCUT2D eigenvalue weighted by Gasteiger charge is 2.19. The molecule has 1 aliphatic heterocycles. The van der Waals surface area contributed by atoms with E-state index in [4.69, 9.17) is 9.47 Å². The maximum absolute atomic E-state index is 12.7. The summed E-state index contributed by atoms with van der Waals surface area (Å²) in [5.41, 5.74) is 2.85. The Morgan fingerprint density at radius 3 is 2.47 bits per heavy atom. The van der Waals surface area contributed by atoms with Gasteiger partial charge in [0.1, 0.15) is 6.04 Å². The van der Waals surface area contributed by atoms with Crippen molar-refractivity contribution in [1.29, 1.82) is 0 Å². The summed E-state index contributed by atoms with van der Waals surface area (Å²) >= 11 is 0. The zero-order valence-electron chi connectivity index (χ0n) is 17.1. The lowest BCUT2D eigenvalue weighted by Gasteiger charge is -2.15. The van der Waals surface area contributed by atoms with Crippen LogP contribution in [0.15, 0.2) is 59.4 Å². The molecule has 4 rings (SSSR count). The number of rotatable bonds is 5. The fourth-order valence-electron chi connectivity index (χ4n) is 3.22. The Morgan fingerprint density at radius 1 is 1.00 bits per heavy atom. The van der Waals surface area contributed by atoms with Crippen molar-refractivity contribution in [1.82, 2.24) is 9.78 Å². The van der Waals surface area contributed by atoms with Gasteiger partial charge < -0.3 is 14.8 Å². The fourth-order valence-corrected chi connectivity index (χ4v) is 3.22. The van der Waals surface area contributed by atoms with Crippen LogP contribution >= 0.6 is 0 Å². The molecule has 1 aromatic heterocycles. The first kappa shape index (κ1) is 19.7. The number of anilines is 1. The van der Waals surface area contributed by atoms with Crippen molar-refractivity contribution in [3.8, 4) is 22.8 Å². The lowest BCUT2D eigenvalue weighted by Crippen LogP contribution is -2.33. The third-order valence-electron chi connectivity index (χ3n) is 5.08. The molecule has 2 heterocycles. The largest absolute Gasteiger partial charge is 0.454 e. The summed E-state index contributed by atoms with van der Waals surface area (Å²) in [5, 5.41) is 7.27. The van der Waals surface area contributed by atoms with E-state index in [9.17, 15) is 9.59 Å². The lowest BCUT2D eigenvalue weighted by atomic mass is 10.0. The zero-order chi connectivity index (χ0) is 21.3. The Kier molecular flexibility index (Phi) is 5.27. The van der Waals surface area contributed by atoms with E-state index < -0.39 is 6.04 Å². The summed E-state index contributed by atoms with van der Waals surface area (Å²) in [7, 11) is 0. The van der Waals surface area contributed by atoms with Gasteiger partial charge in [-0.2, -0.15) is 5.10 Å². The highest BCUT2D eigenvalue weighted by atomic mass is 16.7. The Hall–Kier alpha value is -3.61. The third-order valence-corrected chi connectivity index (χ3v) is 5.08. The van der Waals surface area contributed by atoms with Gasteiger partial charge in [-0.3, -0.25) is 9.59 Å². The van der Waals surface area contributed by atoms with Crippen LogP contribution in [0.2, 0.25) is 0 Å². The Morgan fingerprint density at radius 2 is 1.73 bits per heavy atom. The standard InChI is InChI=1S/C23H23N3O4/c1-14(2)16-4-7-18(8-5-16)24-23(28)15(3)26-22(27)11-9-19(25-26)17-6-10-20-21(12-17)30-13-29-20/h4-12,14-15H,13H2,1-3H3,(H,24,28). The summed E-state index contributed by atoms with van der Waals surface area (Å²) in [6.45, 7) is 6.05. The minimum Gasteiger partial charge on any atom is -0.454 e. The Labute approximate surface area is 174 Å². The van der Waals surface area contributed by atoms with Crippen LogP contribution in [-0.4, -0.2) is 22.5 Å². The first-order valence-corrected chi connectivity index (χ1v) is 9.83. The monoisotopic (exact) mass is 405 g/mol. The van der Waals surface area contributed by atoms with Crippen molar-refractivity contribution in [2.45, 2.75) is 32.7 Å². The molecule has 1 N–H and O–H groups in total. The van der Waals surface area contributed by atoms with Crippen molar-refractivity contribution in [2.24, 2.45) is 0 Å². The molecule has 1 aliphatic rings. The van der Waals surface area contributed by atoms with Crippen LogP contribution in [0, 0.1) is 0 Å². The minimum absolute atomic E-state index is 0.182. The molecule has 1 atom stereocenters. The van der Waals surface area contributed by atoms with Gasteiger partial charge >= 0.3 is 0 Å². The van der Waals surface area contributed by atoms with E-state index >= 15 is 0 Å². The molecule has 1 amide bonds. The van der Waals surface area contributed by atoms with Crippen LogP contribution in [0.3, 0.4) is 0 Å². The Balaban J connectivity index is 1.56. The molecule has 154 valence electrons. The van der Waals surface area contributed by atoms with Gasteiger partial charge in [-0.25, -0.2) is 4.68 Å². The van der Waals surface area contributed by atoms with Gasteiger partial charge in [0.25, 0.3) is 5.56 Å². The van der Waals surface area contributed by atoms with E-state index in [1.807, 2.05) is 30.3 Å². The van der Waals surface area contributed by atoms with Gasteiger partial charge in [0, 0.05) is 17.3 Å². The molecule has 7 heteroatoms. The first-order valence-electron chi connectivity index (χ1n) is 9.83.